The smallest absolute Gasteiger partial charge is 0.321 e. The molecule has 3 rings (SSSR count). The van der Waals surface area contributed by atoms with Gasteiger partial charge in [-0.15, -0.1) is 0 Å². The van der Waals surface area contributed by atoms with E-state index in [-0.39, 0.29) is 5.82 Å². The molecule has 0 aliphatic carbocycles. The van der Waals surface area contributed by atoms with Gasteiger partial charge < -0.3 is 9.84 Å². The van der Waals surface area contributed by atoms with Gasteiger partial charge in [0.1, 0.15) is 17.7 Å². The summed E-state index contributed by atoms with van der Waals surface area (Å²) in [6.45, 7) is 5.79. The average Bonchev–Trinajstić information content (AvgIpc) is 3.20. The van der Waals surface area contributed by atoms with Crippen molar-refractivity contribution in [2.75, 3.05) is 5.32 Å². The number of nitrogens with one attached hydrogen (secondary N) is 2. The minimum atomic E-state index is -0.415. The zero-order valence-corrected chi connectivity index (χ0v) is 15.4. The summed E-state index contributed by atoms with van der Waals surface area (Å²) in [5, 5.41) is 13.6. The second-order valence-corrected chi connectivity index (χ2v) is 6.20. The summed E-state index contributed by atoms with van der Waals surface area (Å²) in [4.78, 5) is 16.6. The number of nitrogens with zero attached hydrogens (tertiary/aromatic N) is 4. The van der Waals surface area contributed by atoms with Gasteiger partial charge in [-0.05, 0) is 38.0 Å². The van der Waals surface area contributed by atoms with Gasteiger partial charge in [0.15, 0.2) is 5.82 Å². The summed E-state index contributed by atoms with van der Waals surface area (Å²) in [5.74, 6) is 1.09. The van der Waals surface area contributed by atoms with Crippen molar-refractivity contribution in [1.29, 1.82) is 0 Å². The first-order chi connectivity index (χ1) is 13.0. The molecule has 0 saturated heterocycles. The van der Waals surface area contributed by atoms with E-state index >= 15 is 0 Å². The number of carbonyl (C=O) groups is 1. The number of aryl methyl sites for hydroxylation is 2. The van der Waals surface area contributed by atoms with E-state index in [1.165, 1.54) is 12.1 Å². The molecule has 0 fully saturated rings. The Morgan fingerprint density at radius 3 is 2.85 bits per heavy atom. The SMILES string of the molecule is CC[C@H](NC(=O)Nc1c(C)cnn1Cc1cccc(F)c1)c1nc(C)no1. The van der Waals surface area contributed by atoms with E-state index in [0.29, 0.717) is 30.5 Å². The minimum Gasteiger partial charge on any atom is -0.337 e. The Morgan fingerprint density at radius 1 is 1.37 bits per heavy atom. The average molecular weight is 372 g/mol. The largest absolute Gasteiger partial charge is 0.337 e. The van der Waals surface area contributed by atoms with Crippen LogP contribution in [0.15, 0.2) is 35.0 Å². The molecule has 2 N–H and O–H groups in total. The van der Waals surface area contributed by atoms with Crippen LogP contribution < -0.4 is 10.6 Å². The number of amides is 2. The molecule has 0 unspecified atom stereocenters. The standard InChI is InChI=1S/C18H21FN6O2/c1-4-15(17-21-12(3)24-27-17)22-18(26)23-16-11(2)9-20-25(16)10-13-6-5-7-14(19)8-13/h5-9,15H,4,10H2,1-3H3,(H2,22,23,26)/t15-/m0/s1. The van der Waals surface area contributed by atoms with E-state index in [0.717, 1.165) is 11.1 Å². The third-order valence-corrected chi connectivity index (χ3v) is 4.03. The third-order valence-electron chi connectivity index (χ3n) is 4.03. The number of carbonyl (C=O) groups excluding carboxylic acids is 1. The predicted molar refractivity (Wildman–Crippen MR) is 96.7 cm³/mol. The summed E-state index contributed by atoms with van der Waals surface area (Å²) in [6.07, 6.45) is 2.24. The maximum absolute atomic E-state index is 13.4. The van der Waals surface area contributed by atoms with Crippen molar-refractivity contribution in [3.05, 3.63) is 59.1 Å². The third kappa shape index (κ3) is 4.49. The van der Waals surface area contributed by atoms with Crippen molar-refractivity contribution in [3.8, 4) is 0 Å². The van der Waals surface area contributed by atoms with Gasteiger partial charge in [0.2, 0.25) is 5.89 Å². The lowest BCUT2D eigenvalue weighted by molar-refractivity contribution is 0.243. The Balaban J connectivity index is 1.71. The molecular formula is C18H21FN6O2. The molecule has 0 radical (unpaired) electrons. The number of rotatable bonds is 6. The number of hydrogen-bond acceptors (Lipinski definition) is 5. The maximum Gasteiger partial charge on any atom is 0.321 e. The van der Waals surface area contributed by atoms with Gasteiger partial charge >= 0.3 is 6.03 Å². The van der Waals surface area contributed by atoms with Gasteiger partial charge in [-0.3, -0.25) is 5.32 Å². The van der Waals surface area contributed by atoms with Gasteiger partial charge in [-0.25, -0.2) is 13.9 Å². The lowest BCUT2D eigenvalue weighted by atomic mass is 10.2. The fourth-order valence-electron chi connectivity index (χ4n) is 2.66. The van der Waals surface area contributed by atoms with Gasteiger partial charge in [0.25, 0.3) is 0 Å². The Morgan fingerprint density at radius 2 is 2.19 bits per heavy atom. The molecule has 0 spiro atoms. The normalized spacial score (nSPS) is 12.0. The Hall–Kier alpha value is -3.23. The molecule has 1 aromatic carbocycles. The van der Waals surface area contributed by atoms with Crippen LogP contribution in [0.1, 0.15) is 42.2 Å². The number of urea groups is 1. The molecule has 3 aromatic rings. The Bertz CT molecular complexity index is 936. The van der Waals surface area contributed by atoms with Crippen LogP contribution >= 0.6 is 0 Å². The molecule has 0 aliphatic heterocycles. The maximum atomic E-state index is 13.4. The monoisotopic (exact) mass is 372 g/mol. The zero-order chi connectivity index (χ0) is 19.4. The molecule has 2 heterocycles. The molecule has 27 heavy (non-hydrogen) atoms. The number of benzene rings is 1. The number of halogens is 1. The number of aromatic nitrogens is 4. The molecule has 0 bridgehead atoms. The second-order valence-electron chi connectivity index (χ2n) is 6.20. The molecule has 2 aromatic heterocycles. The van der Waals surface area contributed by atoms with Crippen molar-refractivity contribution in [1.82, 2.24) is 25.2 Å². The van der Waals surface area contributed by atoms with E-state index in [2.05, 4.69) is 25.9 Å². The van der Waals surface area contributed by atoms with E-state index in [1.54, 1.807) is 29.9 Å². The lowest BCUT2D eigenvalue weighted by Crippen LogP contribution is -2.33. The fraction of sp³-hybridized carbons (Fsp3) is 0.333. The molecule has 142 valence electrons. The van der Waals surface area contributed by atoms with E-state index in [9.17, 15) is 9.18 Å². The summed E-state index contributed by atoms with van der Waals surface area (Å²) in [6, 6.07) is 5.45. The first-order valence-corrected chi connectivity index (χ1v) is 8.60. The van der Waals surface area contributed by atoms with Crippen LogP contribution in [-0.4, -0.2) is 26.0 Å². The fourth-order valence-corrected chi connectivity index (χ4v) is 2.66. The number of hydrogen-bond donors (Lipinski definition) is 2. The summed E-state index contributed by atoms with van der Waals surface area (Å²) < 4.78 is 20.1. The first kappa shape index (κ1) is 18.6. The molecule has 9 heteroatoms. The molecule has 8 nitrogen and oxygen atoms in total. The highest BCUT2D eigenvalue weighted by atomic mass is 19.1. The minimum absolute atomic E-state index is 0.315. The molecule has 0 saturated carbocycles. The van der Waals surface area contributed by atoms with E-state index < -0.39 is 12.1 Å². The van der Waals surface area contributed by atoms with Gasteiger partial charge in [-0.1, -0.05) is 24.2 Å². The van der Waals surface area contributed by atoms with Crippen LogP contribution in [0.4, 0.5) is 15.0 Å². The topological polar surface area (TPSA) is 97.9 Å². The highest BCUT2D eigenvalue weighted by Crippen LogP contribution is 2.18. The van der Waals surface area contributed by atoms with Crippen molar-refractivity contribution in [2.45, 2.75) is 39.8 Å². The summed E-state index contributed by atoms with van der Waals surface area (Å²) in [7, 11) is 0. The summed E-state index contributed by atoms with van der Waals surface area (Å²) in [5.41, 5.74) is 1.54. The van der Waals surface area contributed by atoms with Gasteiger partial charge in [0.05, 0.1) is 12.7 Å². The summed E-state index contributed by atoms with van der Waals surface area (Å²) >= 11 is 0. The first-order valence-electron chi connectivity index (χ1n) is 8.60. The van der Waals surface area contributed by atoms with Crippen LogP contribution in [0.3, 0.4) is 0 Å². The van der Waals surface area contributed by atoms with Crippen LogP contribution in [0.2, 0.25) is 0 Å². The predicted octanol–water partition coefficient (Wildman–Crippen LogP) is 3.34. The number of anilines is 1. The van der Waals surface area contributed by atoms with Crippen molar-refractivity contribution < 1.29 is 13.7 Å². The van der Waals surface area contributed by atoms with Crippen LogP contribution in [0, 0.1) is 19.7 Å². The van der Waals surface area contributed by atoms with E-state index in [4.69, 9.17) is 4.52 Å². The van der Waals surface area contributed by atoms with Crippen LogP contribution in [0.5, 0.6) is 0 Å². The van der Waals surface area contributed by atoms with Crippen molar-refractivity contribution >= 4 is 11.8 Å². The second kappa shape index (κ2) is 7.98. The van der Waals surface area contributed by atoms with Crippen LogP contribution in [-0.2, 0) is 6.54 Å². The highest BCUT2D eigenvalue weighted by Gasteiger charge is 2.20. The molecule has 1 atom stereocenters. The quantitative estimate of drug-likeness (QED) is 0.691. The van der Waals surface area contributed by atoms with E-state index in [1.807, 2.05) is 13.8 Å². The molecule has 0 aliphatic rings. The Kier molecular flexibility index (Phi) is 5.49. The molecule has 2 amide bonds. The van der Waals surface area contributed by atoms with Gasteiger partial charge in [-0.2, -0.15) is 10.1 Å². The Labute approximate surface area is 155 Å². The zero-order valence-electron chi connectivity index (χ0n) is 15.4. The van der Waals surface area contributed by atoms with Gasteiger partial charge in [0, 0.05) is 5.56 Å². The van der Waals surface area contributed by atoms with Crippen molar-refractivity contribution in [3.63, 3.8) is 0 Å². The van der Waals surface area contributed by atoms with Crippen LogP contribution in [0.25, 0.3) is 0 Å². The van der Waals surface area contributed by atoms with Crippen molar-refractivity contribution in [2.24, 2.45) is 0 Å². The molecular weight excluding hydrogens is 351 g/mol. The lowest BCUT2D eigenvalue weighted by Gasteiger charge is -2.15. The highest BCUT2D eigenvalue weighted by molar-refractivity contribution is 5.89.